The Bertz CT molecular complexity index is 810. The predicted molar refractivity (Wildman–Crippen MR) is 111 cm³/mol. The molecule has 0 saturated carbocycles. The van der Waals surface area contributed by atoms with Crippen LogP contribution >= 0.6 is 0 Å². The maximum absolute atomic E-state index is 12.6. The van der Waals surface area contributed by atoms with Crippen LogP contribution in [0, 0.1) is 0 Å². The molecular formula is C21H29N5O2. The predicted octanol–water partition coefficient (Wildman–Crippen LogP) is 2.54. The van der Waals surface area contributed by atoms with Gasteiger partial charge in [-0.25, -0.2) is 4.98 Å². The Morgan fingerprint density at radius 3 is 2.54 bits per heavy atom. The first-order valence-corrected chi connectivity index (χ1v) is 9.60. The molecule has 7 heteroatoms. The van der Waals surface area contributed by atoms with Crippen molar-refractivity contribution in [3.05, 3.63) is 42.1 Å². The Labute approximate surface area is 166 Å². The van der Waals surface area contributed by atoms with E-state index in [1.165, 1.54) is 0 Å². The number of ether oxygens (including phenoxy) is 1. The van der Waals surface area contributed by atoms with Gasteiger partial charge < -0.3 is 15.0 Å². The summed E-state index contributed by atoms with van der Waals surface area (Å²) in [7, 11) is 1.60. The van der Waals surface area contributed by atoms with Gasteiger partial charge in [0.1, 0.15) is 0 Å². The topological polar surface area (TPSA) is 70.6 Å². The van der Waals surface area contributed by atoms with Crippen LogP contribution in [0.15, 0.2) is 36.5 Å². The molecular weight excluding hydrogens is 354 g/mol. The van der Waals surface area contributed by atoms with Crippen molar-refractivity contribution >= 4 is 17.5 Å². The highest BCUT2D eigenvalue weighted by atomic mass is 16.5. The van der Waals surface area contributed by atoms with Gasteiger partial charge in [0, 0.05) is 44.1 Å². The SMILES string of the molecule is COc1ccnc(N2CCN(CC(=O)Nc3ccccc3C(C)(C)C)CC2)n1. The second-order valence-corrected chi connectivity index (χ2v) is 8.01. The van der Waals surface area contributed by atoms with E-state index in [1.807, 2.05) is 18.2 Å². The van der Waals surface area contributed by atoms with Crippen molar-refractivity contribution in [2.75, 3.05) is 50.1 Å². The second-order valence-electron chi connectivity index (χ2n) is 8.01. The highest BCUT2D eigenvalue weighted by molar-refractivity contribution is 5.93. The molecule has 7 nitrogen and oxygen atoms in total. The number of carbonyl (C=O) groups is 1. The van der Waals surface area contributed by atoms with Crippen LogP contribution in [0.25, 0.3) is 0 Å². The van der Waals surface area contributed by atoms with Crippen LogP contribution in [0.2, 0.25) is 0 Å². The number of methoxy groups -OCH3 is 1. The third-order valence-corrected chi connectivity index (χ3v) is 4.86. The zero-order valence-corrected chi connectivity index (χ0v) is 17.1. The first kappa shape index (κ1) is 20.1. The van der Waals surface area contributed by atoms with Gasteiger partial charge in [0.05, 0.1) is 13.7 Å². The van der Waals surface area contributed by atoms with E-state index in [9.17, 15) is 4.79 Å². The van der Waals surface area contributed by atoms with Crippen LogP contribution < -0.4 is 15.0 Å². The van der Waals surface area contributed by atoms with Gasteiger partial charge in [-0.2, -0.15) is 4.98 Å². The van der Waals surface area contributed by atoms with E-state index in [-0.39, 0.29) is 11.3 Å². The van der Waals surface area contributed by atoms with Gasteiger partial charge in [0.15, 0.2) is 0 Å². The Kier molecular flexibility index (Phi) is 6.14. The quantitative estimate of drug-likeness (QED) is 0.856. The van der Waals surface area contributed by atoms with Gasteiger partial charge in [0.25, 0.3) is 0 Å². The molecule has 1 saturated heterocycles. The van der Waals surface area contributed by atoms with Crippen LogP contribution in [0.5, 0.6) is 5.88 Å². The monoisotopic (exact) mass is 383 g/mol. The van der Waals surface area contributed by atoms with Crippen molar-refractivity contribution < 1.29 is 9.53 Å². The smallest absolute Gasteiger partial charge is 0.238 e. The van der Waals surface area contributed by atoms with Gasteiger partial charge in [-0.15, -0.1) is 0 Å². The normalized spacial score (nSPS) is 15.4. The van der Waals surface area contributed by atoms with Crippen molar-refractivity contribution in [2.24, 2.45) is 0 Å². The summed E-state index contributed by atoms with van der Waals surface area (Å²) in [6, 6.07) is 9.74. The van der Waals surface area contributed by atoms with Crippen LogP contribution in [0.4, 0.5) is 11.6 Å². The van der Waals surface area contributed by atoms with Crippen molar-refractivity contribution in [1.82, 2.24) is 14.9 Å². The number of benzene rings is 1. The molecule has 2 heterocycles. The number of hydrogen-bond donors (Lipinski definition) is 1. The molecule has 1 aromatic carbocycles. The lowest BCUT2D eigenvalue weighted by atomic mass is 9.86. The fraction of sp³-hybridized carbons (Fsp3) is 0.476. The lowest BCUT2D eigenvalue weighted by Gasteiger charge is -2.34. The molecule has 0 spiro atoms. The van der Waals surface area contributed by atoms with E-state index >= 15 is 0 Å². The van der Waals surface area contributed by atoms with E-state index in [0.29, 0.717) is 18.4 Å². The molecule has 2 aromatic rings. The number of piperazine rings is 1. The van der Waals surface area contributed by atoms with Gasteiger partial charge >= 0.3 is 0 Å². The van der Waals surface area contributed by atoms with Crippen LogP contribution in [-0.4, -0.2) is 60.6 Å². The van der Waals surface area contributed by atoms with Crippen molar-refractivity contribution in [2.45, 2.75) is 26.2 Å². The van der Waals surface area contributed by atoms with Crippen LogP contribution in [0.3, 0.4) is 0 Å². The minimum atomic E-state index is -0.0216. The summed E-state index contributed by atoms with van der Waals surface area (Å²) in [5.74, 6) is 1.25. The maximum Gasteiger partial charge on any atom is 0.238 e. The summed E-state index contributed by atoms with van der Waals surface area (Å²) >= 11 is 0. The number of anilines is 2. The average Bonchev–Trinajstić information content (AvgIpc) is 2.68. The largest absolute Gasteiger partial charge is 0.481 e. The molecule has 0 atom stereocenters. The third-order valence-electron chi connectivity index (χ3n) is 4.86. The highest BCUT2D eigenvalue weighted by Gasteiger charge is 2.22. The lowest BCUT2D eigenvalue weighted by Crippen LogP contribution is -2.49. The zero-order valence-electron chi connectivity index (χ0n) is 17.1. The van der Waals surface area contributed by atoms with Gasteiger partial charge in [-0.3, -0.25) is 9.69 Å². The van der Waals surface area contributed by atoms with Gasteiger partial charge in [-0.05, 0) is 17.0 Å². The molecule has 150 valence electrons. The molecule has 3 rings (SSSR count). The zero-order chi connectivity index (χ0) is 20.1. The Hall–Kier alpha value is -2.67. The maximum atomic E-state index is 12.6. The first-order chi connectivity index (χ1) is 13.4. The fourth-order valence-corrected chi connectivity index (χ4v) is 3.34. The number of aromatic nitrogens is 2. The minimum Gasteiger partial charge on any atom is -0.481 e. The molecule has 1 aliphatic rings. The van der Waals surface area contributed by atoms with E-state index < -0.39 is 0 Å². The van der Waals surface area contributed by atoms with Crippen molar-refractivity contribution in [3.63, 3.8) is 0 Å². The number of amides is 1. The molecule has 0 bridgehead atoms. The summed E-state index contributed by atoms with van der Waals surface area (Å²) in [5, 5.41) is 3.09. The molecule has 0 unspecified atom stereocenters. The number of hydrogen-bond acceptors (Lipinski definition) is 6. The fourth-order valence-electron chi connectivity index (χ4n) is 3.34. The summed E-state index contributed by atoms with van der Waals surface area (Å²) in [5.41, 5.74) is 2.01. The molecule has 0 aliphatic carbocycles. The summed E-state index contributed by atoms with van der Waals surface area (Å²) in [6.45, 7) is 9.96. The van der Waals surface area contributed by atoms with Crippen LogP contribution in [-0.2, 0) is 10.2 Å². The van der Waals surface area contributed by atoms with Crippen LogP contribution in [0.1, 0.15) is 26.3 Å². The molecule has 1 N–H and O–H groups in total. The molecule has 1 amide bonds. The first-order valence-electron chi connectivity index (χ1n) is 9.60. The molecule has 1 aliphatic heterocycles. The standard InChI is InChI=1S/C21H29N5O2/c1-21(2,3)16-7-5-6-8-17(16)23-18(27)15-25-11-13-26(14-12-25)20-22-10-9-19(24-20)28-4/h5-10H,11-15H2,1-4H3,(H,23,27). The summed E-state index contributed by atoms with van der Waals surface area (Å²) in [6.07, 6.45) is 1.70. The highest BCUT2D eigenvalue weighted by Crippen LogP contribution is 2.29. The minimum absolute atomic E-state index is 0.0165. The average molecular weight is 383 g/mol. The molecule has 1 aromatic heterocycles. The van der Waals surface area contributed by atoms with Gasteiger partial charge in [0.2, 0.25) is 17.7 Å². The Balaban J connectivity index is 1.54. The Morgan fingerprint density at radius 1 is 1.14 bits per heavy atom. The summed E-state index contributed by atoms with van der Waals surface area (Å²) in [4.78, 5) is 25.6. The lowest BCUT2D eigenvalue weighted by molar-refractivity contribution is -0.117. The number of carbonyl (C=O) groups excluding carboxylic acids is 1. The number of nitrogens with zero attached hydrogens (tertiary/aromatic N) is 4. The summed E-state index contributed by atoms with van der Waals surface area (Å²) < 4.78 is 5.17. The third kappa shape index (κ3) is 4.98. The Morgan fingerprint density at radius 2 is 1.86 bits per heavy atom. The van der Waals surface area contributed by atoms with Crippen molar-refractivity contribution in [3.8, 4) is 5.88 Å². The number of nitrogens with one attached hydrogen (secondary N) is 1. The van der Waals surface area contributed by atoms with E-state index in [0.717, 1.165) is 37.4 Å². The van der Waals surface area contributed by atoms with Gasteiger partial charge in [-0.1, -0.05) is 39.0 Å². The number of para-hydroxylation sites is 1. The second kappa shape index (κ2) is 8.56. The van der Waals surface area contributed by atoms with E-state index in [2.05, 4.69) is 51.9 Å². The van der Waals surface area contributed by atoms with E-state index in [4.69, 9.17) is 4.74 Å². The number of rotatable bonds is 5. The van der Waals surface area contributed by atoms with Crippen molar-refractivity contribution in [1.29, 1.82) is 0 Å². The molecule has 28 heavy (non-hydrogen) atoms. The molecule has 0 radical (unpaired) electrons. The molecule has 1 fully saturated rings. The van der Waals surface area contributed by atoms with E-state index in [1.54, 1.807) is 19.4 Å².